The molecular weight excluding hydrogens is 347 g/mol. The lowest BCUT2D eigenvalue weighted by Crippen LogP contribution is -2.44. The van der Waals surface area contributed by atoms with Crippen LogP contribution in [0.2, 0.25) is 5.02 Å². The highest BCUT2D eigenvalue weighted by atomic mass is 35.5. The van der Waals surface area contributed by atoms with Crippen molar-refractivity contribution in [1.29, 1.82) is 0 Å². The second-order valence-electron chi connectivity index (χ2n) is 6.54. The molecule has 6 nitrogen and oxygen atoms in total. The molecule has 0 aliphatic carbocycles. The van der Waals surface area contributed by atoms with Gasteiger partial charge in [-0.1, -0.05) is 11.6 Å². The zero-order chi connectivity index (χ0) is 17.4. The number of hydrogen-bond acceptors (Lipinski definition) is 5. The molecule has 2 saturated heterocycles. The quantitative estimate of drug-likeness (QED) is 0.830. The molecule has 0 saturated carbocycles. The summed E-state index contributed by atoms with van der Waals surface area (Å²) in [5.41, 5.74) is -0.00673. The van der Waals surface area contributed by atoms with Crippen molar-refractivity contribution in [2.45, 2.75) is 31.3 Å². The summed E-state index contributed by atoms with van der Waals surface area (Å²) in [4.78, 5) is 24.8. The van der Waals surface area contributed by atoms with Crippen molar-refractivity contribution < 1.29 is 9.13 Å². The van der Waals surface area contributed by atoms with E-state index in [4.69, 9.17) is 16.3 Å². The Hall–Kier alpha value is -1.99. The maximum Gasteiger partial charge on any atom is 0.272 e. The van der Waals surface area contributed by atoms with Gasteiger partial charge in [0.2, 0.25) is 5.95 Å². The molecule has 2 aromatic heterocycles. The first-order chi connectivity index (χ1) is 12.1. The van der Waals surface area contributed by atoms with Gasteiger partial charge < -0.3 is 14.6 Å². The van der Waals surface area contributed by atoms with Crippen molar-refractivity contribution in [2.24, 2.45) is 0 Å². The summed E-state index contributed by atoms with van der Waals surface area (Å²) in [5, 5.41) is 0.0570. The molecular formula is C17H18ClFN4O2. The van der Waals surface area contributed by atoms with Crippen molar-refractivity contribution in [2.75, 3.05) is 24.6 Å². The average molecular weight is 365 g/mol. The second-order valence-corrected chi connectivity index (χ2v) is 6.92. The van der Waals surface area contributed by atoms with Crippen molar-refractivity contribution >= 4 is 17.4 Å². The van der Waals surface area contributed by atoms with Crippen LogP contribution >= 0.6 is 11.6 Å². The molecule has 0 bridgehead atoms. The Morgan fingerprint density at radius 3 is 2.80 bits per heavy atom. The number of nitrogens with zero attached hydrogens (tertiary/aromatic N) is 3. The Balaban J connectivity index is 1.64. The van der Waals surface area contributed by atoms with Crippen LogP contribution in [0, 0.1) is 5.95 Å². The predicted octanol–water partition coefficient (Wildman–Crippen LogP) is 2.77. The van der Waals surface area contributed by atoms with Crippen LogP contribution in [0.25, 0.3) is 11.4 Å². The number of pyridine rings is 1. The number of aromatic nitrogens is 3. The van der Waals surface area contributed by atoms with Crippen LogP contribution in [0.15, 0.2) is 23.1 Å². The number of hydrogen-bond donors (Lipinski definition) is 1. The van der Waals surface area contributed by atoms with E-state index in [2.05, 4.69) is 15.0 Å². The first kappa shape index (κ1) is 16.5. The highest BCUT2D eigenvalue weighted by Gasteiger charge is 2.39. The highest BCUT2D eigenvalue weighted by Crippen LogP contribution is 2.37. The Kier molecular flexibility index (Phi) is 4.21. The number of H-pyrrole nitrogens is 1. The van der Waals surface area contributed by atoms with E-state index < -0.39 is 11.5 Å². The fraction of sp³-hybridized carbons (Fsp3) is 0.471. The Labute approximate surface area is 149 Å². The van der Waals surface area contributed by atoms with Crippen LogP contribution in [-0.2, 0) is 4.74 Å². The van der Waals surface area contributed by atoms with E-state index in [9.17, 15) is 9.18 Å². The smallest absolute Gasteiger partial charge is 0.272 e. The van der Waals surface area contributed by atoms with Crippen LogP contribution < -0.4 is 10.5 Å². The molecule has 8 heteroatoms. The Bertz CT molecular complexity index is 841. The normalized spacial score (nSPS) is 19.5. The molecule has 2 aromatic rings. The third-order valence-corrected chi connectivity index (χ3v) is 5.35. The minimum atomic E-state index is -0.630. The first-order valence-electron chi connectivity index (χ1n) is 8.37. The zero-order valence-corrected chi connectivity index (χ0v) is 14.4. The van der Waals surface area contributed by atoms with E-state index in [1.54, 1.807) is 6.07 Å². The molecule has 2 fully saturated rings. The standard InChI is InChI=1S/C17H18ClFN4O2/c18-13-15(23-7-4-17(5-8-23)3-1-9-25-17)21-14(22-16(13)24)11-2-6-20-12(19)10-11/h2,6,10H,1,3-5,7-9H2,(H,21,22,24). The van der Waals surface area contributed by atoms with E-state index in [1.165, 1.54) is 12.3 Å². The topological polar surface area (TPSA) is 71.1 Å². The van der Waals surface area contributed by atoms with Gasteiger partial charge in [-0.15, -0.1) is 0 Å². The number of piperidine rings is 1. The van der Waals surface area contributed by atoms with Gasteiger partial charge >= 0.3 is 0 Å². The molecule has 4 rings (SSSR count). The molecule has 0 atom stereocenters. The second kappa shape index (κ2) is 6.38. The van der Waals surface area contributed by atoms with E-state index >= 15 is 0 Å². The minimum absolute atomic E-state index is 0.0266. The largest absolute Gasteiger partial charge is 0.375 e. The fourth-order valence-corrected chi connectivity index (χ4v) is 3.83. The summed E-state index contributed by atoms with van der Waals surface area (Å²) >= 11 is 6.20. The number of anilines is 1. The number of ether oxygens (including phenoxy) is 1. The van der Waals surface area contributed by atoms with Crippen LogP contribution in [0.5, 0.6) is 0 Å². The maximum absolute atomic E-state index is 13.4. The van der Waals surface area contributed by atoms with Crippen molar-refractivity contribution in [1.82, 2.24) is 15.0 Å². The molecule has 1 N–H and O–H groups in total. The lowest BCUT2D eigenvalue weighted by molar-refractivity contribution is -0.0147. The number of nitrogens with one attached hydrogen (secondary N) is 1. The lowest BCUT2D eigenvalue weighted by Gasteiger charge is -2.39. The number of rotatable bonds is 2. The summed E-state index contributed by atoms with van der Waals surface area (Å²) in [5.74, 6) is 0.0866. The summed E-state index contributed by atoms with van der Waals surface area (Å²) in [6, 6.07) is 2.82. The summed E-state index contributed by atoms with van der Waals surface area (Å²) < 4.78 is 19.3. The Morgan fingerprint density at radius 2 is 2.12 bits per heavy atom. The van der Waals surface area contributed by atoms with Gasteiger partial charge in [-0.3, -0.25) is 4.79 Å². The maximum atomic E-state index is 13.4. The molecule has 0 radical (unpaired) electrons. The van der Waals surface area contributed by atoms with Crippen LogP contribution in [0.1, 0.15) is 25.7 Å². The van der Waals surface area contributed by atoms with Gasteiger partial charge in [-0.05, 0) is 31.7 Å². The summed E-state index contributed by atoms with van der Waals surface area (Å²) in [7, 11) is 0. The van der Waals surface area contributed by atoms with E-state index in [-0.39, 0.29) is 16.4 Å². The van der Waals surface area contributed by atoms with Gasteiger partial charge in [0.25, 0.3) is 5.56 Å². The SMILES string of the molecule is O=c1[nH]c(-c2ccnc(F)c2)nc(N2CCC3(CCCO3)CC2)c1Cl. The zero-order valence-electron chi connectivity index (χ0n) is 13.6. The monoisotopic (exact) mass is 364 g/mol. The first-order valence-corrected chi connectivity index (χ1v) is 8.75. The van der Waals surface area contributed by atoms with Gasteiger partial charge in [-0.25, -0.2) is 9.97 Å². The van der Waals surface area contributed by atoms with Crippen molar-refractivity contribution in [3.63, 3.8) is 0 Å². The minimum Gasteiger partial charge on any atom is -0.375 e. The van der Waals surface area contributed by atoms with E-state index in [0.717, 1.165) is 45.4 Å². The molecule has 2 aliphatic rings. The third kappa shape index (κ3) is 3.14. The highest BCUT2D eigenvalue weighted by molar-refractivity contribution is 6.32. The van der Waals surface area contributed by atoms with Crippen LogP contribution in [0.3, 0.4) is 0 Å². The molecule has 2 aliphatic heterocycles. The molecule has 132 valence electrons. The summed E-state index contributed by atoms with van der Waals surface area (Å²) in [6.45, 7) is 2.27. The average Bonchev–Trinajstić information content (AvgIpc) is 3.06. The molecule has 0 amide bonds. The van der Waals surface area contributed by atoms with Gasteiger partial charge in [0.15, 0.2) is 5.82 Å². The summed E-state index contributed by atoms with van der Waals surface area (Å²) in [6.07, 6.45) is 5.29. The van der Waals surface area contributed by atoms with Crippen molar-refractivity contribution in [3.05, 3.63) is 39.7 Å². The molecule has 4 heterocycles. The molecule has 0 aromatic carbocycles. The van der Waals surface area contributed by atoms with Gasteiger partial charge in [0, 0.05) is 37.5 Å². The molecule has 1 spiro atoms. The van der Waals surface area contributed by atoms with Crippen LogP contribution in [-0.4, -0.2) is 40.2 Å². The predicted molar refractivity (Wildman–Crippen MR) is 92.4 cm³/mol. The third-order valence-electron chi connectivity index (χ3n) is 5.00. The Morgan fingerprint density at radius 1 is 1.32 bits per heavy atom. The van der Waals surface area contributed by atoms with Gasteiger partial charge in [-0.2, -0.15) is 4.39 Å². The number of aromatic amines is 1. The molecule has 25 heavy (non-hydrogen) atoms. The van der Waals surface area contributed by atoms with Crippen molar-refractivity contribution in [3.8, 4) is 11.4 Å². The van der Waals surface area contributed by atoms with Gasteiger partial charge in [0.1, 0.15) is 10.8 Å². The van der Waals surface area contributed by atoms with Gasteiger partial charge in [0.05, 0.1) is 5.60 Å². The lowest BCUT2D eigenvalue weighted by atomic mass is 9.89. The van der Waals surface area contributed by atoms with E-state index in [1.807, 2.05) is 4.90 Å². The van der Waals surface area contributed by atoms with E-state index in [0.29, 0.717) is 11.4 Å². The number of halogens is 2. The fourth-order valence-electron chi connectivity index (χ4n) is 3.62. The molecule has 0 unspecified atom stereocenters. The van der Waals surface area contributed by atoms with Crippen LogP contribution in [0.4, 0.5) is 10.2 Å².